The third kappa shape index (κ3) is 2.55. The van der Waals surface area contributed by atoms with Crippen molar-refractivity contribution in [2.75, 3.05) is 0 Å². The van der Waals surface area contributed by atoms with Crippen LogP contribution in [0.1, 0.15) is 18.9 Å². The molecular weight excluding hydrogens is 343 g/mol. The molecule has 0 saturated heterocycles. The standard InChI is InChI=1S/C14H8O2S2Se/c15-7-9-1-3-11(17-9)12-4-5-13(18-12)14-6-2-10(8-16)19-14/h1-8H. The molecule has 0 saturated carbocycles. The van der Waals surface area contributed by atoms with Gasteiger partial charge in [-0.15, -0.1) is 0 Å². The predicted octanol–water partition coefficient (Wildman–Crippen LogP) is 3.83. The first-order valence-electron chi connectivity index (χ1n) is 5.51. The molecule has 2 nitrogen and oxygen atoms in total. The van der Waals surface area contributed by atoms with Gasteiger partial charge < -0.3 is 0 Å². The molecule has 3 aromatic rings. The van der Waals surface area contributed by atoms with E-state index < -0.39 is 0 Å². The quantitative estimate of drug-likeness (QED) is 0.529. The summed E-state index contributed by atoms with van der Waals surface area (Å²) in [4.78, 5) is 25.7. The van der Waals surface area contributed by atoms with Gasteiger partial charge in [0.15, 0.2) is 0 Å². The van der Waals surface area contributed by atoms with E-state index in [1.54, 1.807) is 11.3 Å². The molecule has 0 unspecified atom stereocenters. The van der Waals surface area contributed by atoms with Crippen molar-refractivity contribution in [1.29, 1.82) is 0 Å². The van der Waals surface area contributed by atoms with Gasteiger partial charge in [0.1, 0.15) is 0 Å². The molecule has 19 heavy (non-hydrogen) atoms. The van der Waals surface area contributed by atoms with Gasteiger partial charge >= 0.3 is 124 Å². The second-order valence-electron chi connectivity index (χ2n) is 3.80. The Morgan fingerprint density at radius 3 is 2.21 bits per heavy atom. The van der Waals surface area contributed by atoms with Crippen LogP contribution in [0.25, 0.3) is 19.1 Å². The molecule has 0 fully saturated rings. The molecule has 0 amide bonds. The second-order valence-corrected chi connectivity index (χ2v) is 8.34. The molecule has 0 aliphatic heterocycles. The van der Waals surface area contributed by atoms with E-state index in [-0.39, 0.29) is 14.5 Å². The summed E-state index contributed by atoms with van der Waals surface area (Å²) in [7, 11) is 0. The maximum absolute atomic E-state index is 10.7. The Kier molecular flexibility index (Phi) is 3.62. The number of hydrogen-bond acceptors (Lipinski definition) is 4. The van der Waals surface area contributed by atoms with E-state index in [1.807, 2.05) is 24.3 Å². The van der Waals surface area contributed by atoms with Crippen molar-refractivity contribution in [2.45, 2.75) is 0 Å². The van der Waals surface area contributed by atoms with E-state index in [2.05, 4.69) is 12.1 Å². The molecular formula is C14H8O2S2Se. The van der Waals surface area contributed by atoms with E-state index >= 15 is 0 Å². The number of thiophene rings is 2. The molecule has 3 aromatic heterocycles. The SMILES string of the molecule is O=Cc1ccc(-c2ccc(-c3ccc(C=O)[se]3)s2)s1. The van der Waals surface area contributed by atoms with Gasteiger partial charge in [-0.25, -0.2) is 0 Å². The normalized spacial score (nSPS) is 10.5. The van der Waals surface area contributed by atoms with E-state index in [9.17, 15) is 9.59 Å². The van der Waals surface area contributed by atoms with Crippen LogP contribution in [0.2, 0.25) is 0 Å². The second kappa shape index (κ2) is 5.39. The minimum atomic E-state index is 0.132. The third-order valence-electron chi connectivity index (χ3n) is 2.58. The van der Waals surface area contributed by atoms with Crippen molar-refractivity contribution in [1.82, 2.24) is 0 Å². The summed E-state index contributed by atoms with van der Waals surface area (Å²) in [5.41, 5.74) is 0. The molecule has 94 valence electrons. The van der Waals surface area contributed by atoms with Gasteiger partial charge in [-0.05, 0) is 0 Å². The van der Waals surface area contributed by atoms with Crippen LogP contribution >= 0.6 is 22.7 Å². The van der Waals surface area contributed by atoms with Gasteiger partial charge in [-0.2, -0.15) is 0 Å². The van der Waals surface area contributed by atoms with E-state index in [4.69, 9.17) is 0 Å². The zero-order chi connectivity index (χ0) is 13.2. The van der Waals surface area contributed by atoms with Crippen LogP contribution in [0.15, 0.2) is 36.4 Å². The van der Waals surface area contributed by atoms with Crippen molar-refractivity contribution >= 4 is 49.7 Å². The summed E-state index contributed by atoms with van der Waals surface area (Å²) >= 11 is 3.35. The molecule has 0 atom stereocenters. The number of hydrogen-bond donors (Lipinski definition) is 0. The van der Waals surface area contributed by atoms with Gasteiger partial charge in [-0.3, -0.25) is 0 Å². The molecule has 0 spiro atoms. The summed E-state index contributed by atoms with van der Waals surface area (Å²) in [6.07, 6.45) is 1.82. The van der Waals surface area contributed by atoms with Gasteiger partial charge in [0.05, 0.1) is 0 Å². The molecule has 0 N–H and O–H groups in total. The molecule has 3 heterocycles. The fourth-order valence-electron chi connectivity index (χ4n) is 1.70. The molecule has 5 heteroatoms. The number of rotatable bonds is 4. The minimum absolute atomic E-state index is 0.132. The Morgan fingerprint density at radius 1 is 0.789 bits per heavy atom. The molecule has 0 aliphatic rings. The van der Waals surface area contributed by atoms with Crippen LogP contribution in [-0.4, -0.2) is 27.1 Å². The fraction of sp³-hybridized carbons (Fsp3) is 0. The van der Waals surface area contributed by atoms with Crippen LogP contribution < -0.4 is 0 Å². The Hall–Kier alpha value is -1.26. The van der Waals surface area contributed by atoms with Gasteiger partial charge in [-0.1, -0.05) is 0 Å². The first-order chi connectivity index (χ1) is 9.30. The number of carbonyl (C=O) groups is 2. The third-order valence-corrected chi connectivity index (χ3v) is 7.38. The molecule has 0 aromatic carbocycles. The Balaban J connectivity index is 1.94. The average molecular weight is 351 g/mol. The van der Waals surface area contributed by atoms with Crippen molar-refractivity contribution < 1.29 is 9.59 Å². The average Bonchev–Trinajstić information content (AvgIpc) is 3.16. The molecule has 0 aliphatic carbocycles. The van der Waals surface area contributed by atoms with Gasteiger partial charge in [0.2, 0.25) is 0 Å². The first-order valence-corrected chi connectivity index (χ1v) is 8.85. The maximum atomic E-state index is 10.7. The monoisotopic (exact) mass is 352 g/mol. The number of carbonyl (C=O) groups excluding carboxylic acids is 2. The predicted molar refractivity (Wildman–Crippen MR) is 80.8 cm³/mol. The Morgan fingerprint density at radius 2 is 1.53 bits per heavy atom. The van der Waals surface area contributed by atoms with Crippen LogP contribution in [0.4, 0.5) is 0 Å². The van der Waals surface area contributed by atoms with Gasteiger partial charge in [0, 0.05) is 0 Å². The first kappa shape index (κ1) is 12.8. The van der Waals surface area contributed by atoms with Crippen LogP contribution in [0.3, 0.4) is 0 Å². The molecule has 0 radical (unpaired) electrons. The Labute approximate surface area is 124 Å². The van der Waals surface area contributed by atoms with Crippen molar-refractivity contribution in [3.05, 3.63) is 45.7 Å². The van der Waals surface area contributed by atoms with E-state index in [1.165, 1.54) is 25.5 Å². The van der Waals surface area contributed by atoms with Crippen LogP contribution in [0, 0.1) is 0 Å². The van der Waals surface area contributed by atoms with Crippen molar-refractivity contribution in [2.24, 2.45) is 0 Å². The van der Waals surface area contributed by atoms with Crippen LogP contribution in [-0.2, 0) is 0 Å². The molecule has 0 bridgehead atoms. The Bertz CT molecular complexity index is 675. The van der Waals surface area contributed by atoms with Crippen molar-refractivity contribution in [3.8, 4) is 19.1 Å². The molecule has 3 rings (SSSR count). The summed E-state index contributed by atoms with van der Waals surface area (Å²) in [6, 6.07) is 11.9. The fourth-order valence-corrected chi connectivity index (χ4v) is 5.58. The summed E-state index contributed by atoms with van der Waals surface area (Å²) in [5.74, 6) is 0. The topological polar surface area (TPSA) is 34.1 Å². The van der Waals surface area contributed by atoms with Crippen molar-refractivity contribution in [3.63, 3.8) is 0 Å². The zero-order valence-corrected chi connectivity index (χ0v) is 13.0. The summed E-state index contributed by atoms with van der Waals surface area (Å²) in [5, 5.41) is 0. The van der Waals surface area contributed by atoms with Crippen LogP contribution in [0.5, 0.6) is 0 Å². The summed E-state index contributed by atoms with van der Waals surface area (Å²) < 4.78 is 2.13. The van der Waals surface area contributed by atoms with E-state index in [0.29, 0.717) is 0 Å². The zero-order valence-electron chi connectivity index (χ0n) is 9.66. The summed E-state index contributed by atoms with van der Waals surface area (Å²) in [6.45, 7) is 0. The van der Waals surface area contributed by atoms with E-state index in [0.717, 1.165) is 26.8 Å². The van der Waals surface area contributed by atoms with Gasteiger partial charge in [0.25, 0.3) is 0 Å². The number of aldehydes is 2.